The minimum atomic E-state index is -0.330. The lowest BCUT2D eigenvalue weighted by atomic mass is 10.2. The van der Waals surface area contributed by atoms with E-state index >= 15 is 0 Å². The summed E-state index contributed by atoms with van der Waals surface area (Å²) in [6.45, 7) is 0. The highest BCUT2D eigenvalue weighted by molar-refractivity contribution is 7.21. The van der Waals surface area contributed by atoms with Gasteiger partial charge in [-0.25, -0.2) is 4.98 Å². The summed E-state index contributed by atoms with van der Waals surface area (Å²) in [5, 5.41) is 4.60. The molecular formula is C27H18Cl2N2O3S. The van der Waals surface area contributed by atoms with Gasteiger partial charge in [0, 0.05) is 17.2 Å². The van der Waals surface area contributed by atoms with E-state index in [1.807, 2.05) is 48.5 Å². The molecule has 0 aliphatic rings. The summed E-state index contributed by atoms with van der Waals surface area (Å²) < 4.78 is 12.4. The molecule has 1 amide bonds. The number of benzene rings is 3. The first-order valence-corrected chi connectivity index (χ1v) is 12.2. The molecule has 0 bridgehead atoms. The van der Waals surface area contributed by atoms with Gasteiger partial charge in [-0.05, 0) is 60.7 Å². The second kappa shape index (κ2) is 9.96. The van der Waals surface area contributed by atoms with Crippen LogP contribution in [-0.4, -0.2) is 18.0 Å². The van der Waals surface area contributed by atoms with Crippen molar-refractivity contribution in [2.45, 2.75) is 0 Å². The predicted octanol–water partition coefficient (Wildman–Crippen LogP) is 8.19. The van der Waals surface area contributed by atoms with Crippen molar-refractivity contribution in [3.05, 3.63) is 94.7 Å². The van der Waals surface area contributed by atoms with Crippen molar-refractivity contribution in [1.29, 1.82) is 0 Å². The van der Waals surface area contributed by atoms with E-state index in [0.29, 0.717) is 38.6 Å². The molecule has 174 valence electrons. The number of nitrogens with one attached hydrogen (secondary N) is 1. The van der Waals surface area contributed by atoms with Crippen molar-refractivity contribution in [2.75, 3.05) is 12.4 Å². The van der Waals surface area contributed by atoms with Gasteiger partial charge in [0.1, 0.15) is 22.3 Å². The molecule has 5 aromatic rings. The van der Waals surface area contributed by atoms with Gasteiger partial charge in [0.05, 0.1) is 33.1 Å². The average molecular weight is 521 g/mol. The predicted molar refractivity (Wildman–Crippen MR) is 143 cm³/mol. The fraction of sp³-hybridized carbons (Fsp3) is 0.0370. The van der Waals surface area contributed by atoms with Crippen LogP contribution in [0.3, 0.4) is 0 Å². The van der Waals surface area contributed by atoms with E-state index in [1.165, 1.54) is 6.08 Å². The lowest BCUT2D eigenvalue weighted by molar-refractivity contribution is -0.111. The largest absolute Gasteiger partial charge is 0.495 e. The highest BCUT2D eigenvalue weighted by Crippen LogP contribution is 2.36. The number of fused-ring (bicyclic) bond motifs is 1. The Morgan fingerprint density at radius 2 is 1.91 bits per heavy atom. The third-order valence-corrected chi connectivity index (χ3v) is 7.15. The summed E-state index contributed by atoms with van der Waals surface area (Å²) in [6.07, 6.45) is 2.98. The molecule has 0 atom stereocenters. The Labute approximate surface area is 215 Å². The summed E-state index contributed by atoms with van der Waals surface area (Å²) in [4.78, 5) is 17.4. The molecule has 3 aromatic carbocycles. The molecule has 0 aliphatic carbocycles. The van der Waals surface area contributed by atoms with E-state index in [0.717, 1.165) is 20.8 Å². The third-order valence-electron chi connectivity index (χ3n) is 5.24. The van der Waals surface area contributed by atoms with Crippen molar-refractivity contribution in [3.8, 4) is 27.6 Å². The van der Waals surface area contributed by atoms with Crippen LogP contribution in [0.15, 0.2) is 83.3 Å². The lowest BCUT2D eigenvalue weighted by Crippen LogP contribution is -2.09. The Morgan fingerprint density at radius 3 is 2.74 bits per heavy atom. The number of amides is 1. The normalized spacial score (nSPS) is 11.3. The standard InChI is InChI=1S/C27H18Cl2N2O3S/c1-33-23-12-9-16(27-31-20-7-2-3-8-24(20)35-27)15-21(23)30-25(32)14-11-17-10-13-22(34-17)18-5-4-6-19(28)26(18)29/h2-15H,1H3,(H,30,32). The molecule has 5 nitrogen and oxygen atoms in total. The number of para-hydroxylation sites is 1. The van der Waals surface area contributed by atoms with Gasteiger partial charge < -0.3 is 14.5 Å². The number of carbonyl (C=O) groups excluding carboxylic acids is 1. The van der Waals surface area contributed by atoms with Crippen LogP contribution in [0.1, 0.15) is 5.76 Å². The van der Waals surface area contributed by atoms with E-state index in [-0.39, 0.29) is 5.91 Å². The quantitative estimate of drug-likeness (QED) is 0.229. The number of nitrogens with zero attached hydrogens (tertiary/aromatic N) is 1. The lowest BCUT2D eigenvalue weighted by Gasteiger charge is -2.10. The van der Waals surface area contributed by atoms with Crippen LogP contribution in [0.2, 0.25) is 10.0 Å². The van der Waals surface area contributed by atoms with Crippen molar-refractivity contribution < 1.29 is 13.9 Å². The molecule has 1 N–H and O–H groups in total. The summed E-state index contributed by atoms with van der Waals surface area (Å²) >= 11 is 14.0. The van der Waals surface area contributed by atoms with Crippen LogP contribution in [0, 0.1) is 0 Å². The number of methoxy groups -OCH3 is 1. The van der Waals surface area contributed by atoms with Crippen LogP contribution in [0.4, 0.5) is 5.69 Å². The molecular weight excluding hydrogens is 503 g/mol. The molecule has 0 fully saturated rings. The maximum absolute atomic E-state index is 12.7. The van der Waals surface area contributed by atoms with Crippen molar-refractivity contribution in [2.24, 2.45) is 0 Å². The number of aromatic nitrogens is 1. The number of carbonyl (C=O) groups is 1. The van der Waals surface area contributed by atoms with Crippen LogP contribution >= 0.6 is 34.5 Å². The molecule has 0 radical (unpaired) electrons. The minimum absolute atomic E-state index is 0.330. The van der Waals surface area contributed by atoms with E-state index in [4.69, 9.17) is 37.3 Å². The fourth-order valence-corrected chi connectivity index (χ4v) is 4.90. The van der Waals surface area contributed by atoms with Crippen LogP contribution in [-0.2, 0) is 4.79 Å². The Hall–Kier alpha value is -3.58. The van der Waals surface area contributed by atoms with Gasteiger partial charge in [-0.1, -0.05) is 41.4 Å². The molecule has 0 unspecified atom stereocenters. The molecule has 35 heavy (non-hydrogen) atoms. The molecule has 0 aliphatic heterocycles. The van der Waals surface area contributed by atoms with Crippen LogP contribution in [0.25, 0.3) is 38.2 Å². The van der Waals surface area contributed by atoms with Crippen LogP contribution < -0.4 is 10.1 Å². The van der Waals surface area contributed by atoms with Gasteiger partial charge in [-0.3, -0.25) is 4.79 Å². The zero-order chi connectivity index (χ0) is 24.4. The Morgan fingerprint density at radius 1 is 1.06 bits per heavy atom. The number of hydrogen-bond acceptors (Lipinski definition) is 5. The average Bonchev–Trinajstić information content (AvgIpc) is 3.52. The van der Waals surface area contributed by atoms with E-state index < -0.39 is 0 Å². The molecule has 0 saturated carbocycles. The van der Waals surface area contributed by atoms with Crippen molar-refractivity contribution in [3.63, 3.8) is 0 Å². The summed E-state index contributed by atoms with van der Waals surface area (Å²) in [6, 6.07) is 22.4. The maximum atomic E-state index is 12.7. The molecule has 5 rings (SSSR count). The van der Waals surface area contributed by atoms with Gasteiger partial charge >= 0.3 is 0 Å². The van der Waals surface area contributed by atoms with Gasteiger partial charge in [0.2, 0.25) is 5.91 Å². The van der Waals surface area contributed by atoms with E-state index in [1.54, 1.807) is 48.8 Å². The number of rotatable bonds is 6. The SMILES string of the molecule is COc1ccc(-c2nc3ccccc3s2)cc1NC(=O)C=Cc1ccc(-c2cccc(Cl)c2Cl)o1. The maximum Gasteiger partial charge on any atom is 0.248 e. The van der Waals surface area contributed by atoms with E-state index in [2.05, 4.69) is 5.32 Å². The number of anilines is 1. The van der Waals surface area contributed by atoms with Crippen molar-refractivity contribution >= 4 is 62.4 Å². The Balaban J connectivity index is 1.34. The summed E-state index contributed by atoms with van der Waals surface area (Å²) in [5.74, 6) is 1.28. The number of halogens is 2. The third kappa shape index (κ3) is 4.95. The van der Waals surface area contributed by atoms with Gasteiger partial charge in [0.15, 0.2) is 0 Å². The summed E-state index contributed by atoms with van der Waals surface area (Å²) in [5.41, 5.74) is 3.05. The second-order valence-corrected chi connectivity index (χ2v) is 9.34. The first-order chi connectivity index (χ1) is 17.0. The van der Waals surface area contributed by atoms with Gasteiger partial charge in [0.25, 0.3) is 0 Å². The zero-order valence-corrected chi connectivity index (χ0v) is 20.7. The highest BCUT2D eigenvalue weighted by atomic mass is 35.5. The zero-order valence-electron chi connectivity index (χ0n) is 18.4. The minimum Gasteiger partial charge on any atom is -0.495 e. The number of ether oxygens (including phenoxy) is 1. The smallest absolute Gasteiger partial charge is 0.248 e. The molecule has 0 saturated heterocycles. The molecule has 8 heteroatoms. The van der Waals surface area contributed by atoms with Gasteiger partial charge in [-0.2, -0.15) is 0 Å². The molecule has 0 spiro atoms. The monoisotopic (exact) mass is 520 g/mol. The van der Waals surface area contributed by atoms with E-state index in [9.17, 15) is 4.79 Å². The van der Waals surface area contributed by atoms with Gasteiger partial charge in [-0.15, -0.1) is 11.3 Å². The van der Waals surface area contributed by atoms with Crippen molar-refractivity contribution in [1.82, 2.24) is 4.98 Å². The first kappa shape index (κ1) is 23.2. The highest BCUT2D eigenvalue weighted by Gasteiger charge is 2.13. The Bertz CT molecular complexity index is 1540. The topological polar surface area (TPSA) is 64.4 Å². The fourth-order valence-electron chi connectivity index (χ4n) is 3.55. The number of hydrogen-bond donors (Lipinski definition) is 1. The van der Waals surface area contributed by atoms with Crippen LogP contribution in [0.5, 0.6) is 5.75 Å². The second-order valence-electron chi connectivity index (χ2n) is 7.53. The number of thiazole rings is 1. The number of furan rings is 1. The summed E-state index contributed by atoms with van der Waals surface area (Å²) in [7, 11) is 1.56. The first-order valence-electron chi connectivity index (χ1n) is 10.6. The Kier molecular flexibility index (Phi) is 6.59. The molecule has 2 aromatic heterocycles. The molecule has 2 heterocycles.